The van der Waals surface area contributed by atoms with Crippen LogP contribution in [0.2, 0.25) is 0 Å². The van der Waals surface area contributed by atoms with Gasteiger partial charge in [0.05, 0.1) is 6.61 Å². The molecule has 2 unspecified atom stereocenters. The SMILES string of the molecule is CCC(COC)NC(C)C(C)(C)C. The molecule has 0 bridgehead atoms. The fourth-order valence-electron chi connectivity index (χ4n) is 1.09. The average Bonchev–Trinajstić information content (AvgIpc) is 2.01. The molecular weight excluding hydrogens is 162 g/mol. The molecule has 0 aromatic rings. The van der Waals surface area contributed by atoms with Crippen molar-refractivity contribution in [3.8, 4) is 0 Å². The normalized spacial score (nSPS) is 17.1. The molecular formula is C11H25NO. The molecule has 0 aliphatic rings. The Balaban J connectivity index is 3.93. The van der Waals surface area contributed by atoms with Gasteiger partial charge in [0.15, 0.2) is 0 Å². The fraction of sp³-hybridized carbons (Fsp3) is 1.00. The summed E-state index contributed by atoms with van der Waals surface area (Å²) in [6.07, 6.45) is 1.12. The summed E-state index contributed by atoms with van der Waals surface area (Å²) in [6.45, 7) is 12.0. The first-order valence-electron chi connectivity index (χ1n) is 5.16. The lowest BCUT2D eigenvalue weighted by Gasteiger charge is -2.31. The van der Waals surface area contributed by atoms with Crippen molar-refractivity contribution in [1.29, 1.82) is 0 Å². The average molecular weight is 187 g/mol. The number of rotatable bonds is 5. The van der Waals surface area contributed by atoms with Gasteiger partial charge in [-0.1, -0.05) is 27.7 Å². The van der Waals surface area contributed by atoms with Crippen LogP contribution in [0.5, 0.6) is 0 Å². The van der Waals surface area contributed by atoms with Crippen molar-refractivity contribution in [1.82, 2.24) is 5.32 Å². The van der Waals surface area contributed by atoms with E-state index in [1.54, 1.807) is 7.11 Å². The molecule has 2 heteroatoms. The lowest BCUT2D eigenvalue weighted by molar-refractivity contribution is 0.145. The van der Waals surface area contributed by atoms with E-state index in [0.717, 1.165) is 13.0 Å². The molecule has 13 heavy (non-hydrogen) atoms. The Bertz CT molecular complexity index is 129. The maximum Gasteiger partial charge on any atom is 0.0615 e. The van der Waals surface area contributed by atoms with Crippen molar-refractivity contribution >= 4 is 0 Å². The zero-order valence-electron chi connectivity index (χ0n) is 9.98. The van der Waals surface area contributed by atoms with E-state index >= 15 is 0 Å². The molecule has 0 saturated heterocycles. The Morgan fingerprint density at radius 2 is 1.85 bits per heavy atom. The zero-order valence-corrected chi connectivity index (χ0v) is 9.98. The highest BCUT2D eigenvalue weighted by molar-refractivity contribution is 4.79. The van der Waals surface area contributed by atoms with Crippen LogP contribution in [-0.2, 0) is 4.74 Å². The van der Waals surface area contributed by atoms with E-state index in [1.165, 1.54) is 0 Å². The zero-order chi connectivity index (χ0) is 10.5. The summed E-state index contributed by atoms with van der Waals surface area (Å²) in [5.41, 5.74) is 0.321. The molecule has 0 aromatic heterocycles. The number of methoxy groups -OCH3 is 1. The first-order valence-corrected chi connectivity index (χ1v) is 5.16. The molecule has 0 aliphatic heterocycles. The number of nitrogens with one attached hydrogen (secondary N) is 1. The second kappa shape index (κ2) is 5.61. The van der Waals surface area contributed by atoms with E-state index in [0.29, 0.717) is 17.5 Å². The Morgan fingerprint density at radius 3 is 2.15 bits per heavy atom. The molecule has 0 fully saturated rings. The fourth-order valence-corrected chi connectivity index (χ4v) is 1.09. The van der Waals surface area contributed by atoms with Gasteiger partial charge < -0.3 is 10.1 Å². The standard InChI is InChI=1S/C11H25NO/c1-7-10(8-13-6)12-9(2)11(3,4)5/h9-10,12H,7-8H2,1-6H3. The highest BCUT2D eigenvalue weighted by Crippen LogP contribution is 2.19. The lowest BCUT2D eigenvalue weighted by Crippen LogP contribution is -2.45. The molecule has 0 amide bonds. The molecule has 0 aromatic carbocycles. The largest absolute Gasteiger partial charge is 0.383 e. The Labute approximate surface area is 83.1 Å². The van der Waals surface area contributed by atoms with Crippen LogP contribution in [0, 0.1) is 5.41 Å². The van der Waals surface area contributed by atoms with Crippen molar-refractivity contribution in [3.05, 3.63) is 0 Å². The quantitative estimate of drug-likeness (QED) is 0.714. The topological polar surface area (TPSA) is 21.3 Å². The summed E-state index contributed by atoms with van der Waals surface area (Å²) in [4.78, 5) is 0. The van der Waals surface area contributed by atoms with Crippen LogP contribution >= 0.6 is 0 Å². The van der Waals surface area contributed by atoms with Crippen molar-refractivity contribution in [3.63, 3.8) is 0 Å². The summed E-state index contributed by atoms with van der Waals surface area (Å²) in [7, 11) is 1.76. The van der Waals surface area contributed by atoms with Crippen LogP contribution in [0.1, 0.15) is 41.0 Å². The van der Waals surface area contributed by atoms with Crippen LogP contribution in [0.15, 0.2) is 0 Å². The molecule has 0 rings (SSSR count). The second-order valence-electron chi connectivity index (χ2n) is 4.81. The third kappa shape index (κ3) is 5.27. The van der Waals surface area contributed by atoms with Gasteiger partial charge in [-0.3, -0.25) is 0 Å². The molecule has 2 nitrogen and oxygen atoms in total. The predicted octanol–water partition coefficient (Wildman–Crippen LogP) is 2.44. The van der Waals surface area contributed by atoms with Crippen molar-refractivity contribution in [2.24, 2.45) is 5.41 Å². The third-order valence-electron chi connectivity index (χ3n) is 2.65. The van der Waals surface area contributed by atoms with Crippen LogP contribution in [0.4, 0.5) is 0 Å². The van der Waals surface area contributed by atoms with E-state index in [-0.39, 0.29) is 0 Å². The van der Waals surface area contributed by atoms with Crippen LogP contribution in [0.3, 0.4) is 0 Å². The second-order valence-corrected chi connectivity index (χ2v) is 4.81. The Hall–Kier alpha value is -0.0800. The lowest BCUT2D eigenvalue weighted by atomic mass is 9.87. The molecule has 1 N–H and O–H groups in total. The van der Waals surface area contributed by atoms with E-state index < -0.39 is 0 Å². The first-order chi connectivity index (χ1) is 5.91. The molecule has 80 valence electrons. The van der Waals surface area contributed by atoms with E-state index in [2.05, 4.69) is 39.9 Å². The summed E-state index contributed by atoms with van der Waals surface area (Å²) < 4.78 is 5.15. The van der Waals surface area contributed by atoms with E-state index in [1.807, 2.05) is 0 Å². The van der Waals surface area contributed by atoms with Gasteiger partial charge in [-0.15, -0.1) is 0 Å². The monoisotopic (exact) mass is 187 g/mol. The number of hydrogen-bond acceptors (Lipinski definition) is 2. The highest BCUT2D eigenvalue weighted by atomic mass is 16.5. The summed E-state index contributed by atoms with van der Waals surface area (Å²) in [5.74, 6) is 0. The summed E-state index contributed by atoms with van der Waals surface area (Å²) in [5, 5.41) is 3.58. The van der Waals surface area contributed by atoms with Crippen LogP contribution in [0.25, 0.3) is 0 Å². The highest BCUT2D eigenvalue weighted by Gasteiger charge is 2.21. The van der Waals surface area contributed by atoms with Gasteiger partial charge in [0.2, 0.25) is 0 Å². The molecule has 0 saturated carbocycles. The minimum atomic E-state index is 0.321. The van der Waals surface area contributed by atoms with Gasteiger partial charge in [-0.2, -0.15) is 0 Å². The minimum absolute atomic E-state index is 0.321. The van der Waals surface area contributed by atoms with E-state index in [9.17, 15) is 0 Å². The van der Waals surface area contributed by atoms with Gasteiger partial charge in [0, 0.05) is 19.2 Å². The van der Waals surface area contributed by atoms with Crippen LogP contribution in [-0.4, -0.2) is 25.8 Å². The number of ether oxygens (including phenoxy) is 1. The molecule has 0 aliphatic carbocycles. The predicted molar refractivity (Wildman–Crippen MR) is 58.0 cm³/mol. The Morgan fingerprint density at radius 1 is 1.31 bits per heavy atom. The maximum absolute atomic E-state index is 5.15. The smallest absolute Gasteiger partial charge is 0.0615 e. The molecule has 2 atom stereocenters. The molecule has 0 radical (unpaired) electrons. The molecule has 0 heterocycles. The minimum Gasteiger partial charge on any atom is -0.383 e. The van der Waals surface area contributed by atoms with Gasteiger partial charge in [-0.05, 0) is 18.8 Å². The van der Waals surface area contributed by atoms with E-state index in [4.69, 9.17) is 4.74 Å². The van der Waals surface area contributed by atoms with Gasteiger partial charge in [-0.25, -0.2) is 0 Å². The third-order valence-corrected chi connectivity index (χ3v) is 2.65. The summed E-state index contributed by atoms with van der Waals surface area (Å²) in [6, 6.07) is 1.01. The molecule has 0 spiro atoms. The first kappa shape index (κ1) is 12.9. The summed E-state index contributed by atoms with van der Waals surface area (Å²) >= 11 is 0. The van der Waals surface area contributed by atoms with Gasteiger partial charge in [0.1, 0.15) is 0 Å². The van der Waals surface area contributed by atoms with Crippen molar-refractivity contribution in [2.45, 2.75) is 53.1 Å². The maximum atomic E-state index is 5.15. The number of hydrogen-bond donors (Lipinski definition) is 1. The van der Waals surface area contributed by atoms with Gasteiger partial charge in [0.25, 0.3) is 0 Å². The van der Waals surface area contributed by atoms with Crippen LogP contribution < -0.4 is 5.32 Å². The van der Waals surface area contributed by atoms with Gasteiger partial charge >= 0.3 is 0 Å². The van der Waals surface area contributed by atoms with Crippen molar-refractivity contribution < 1.29 is 4.74 Å². The Kier molecular flexibility index (Phi) is 5.57. The van der Waals surface area contributed by atoms with Crippen molar-refractivity contribution in [2.75, 3.05) is 13.7 Å².